The Bertz CT molecular complexity index is 1450. The highest BCUT2D eigenvalue weighted by atomic mass is 19.4. The van der Waals surface area contributed by atoms with Gasteiger partial charge in [0.25, 0.3) is 11.8 Å². The summed E-state index contributed by atoms with van der Waals surface area (Å²) in [6.07, 6.45) is 0.0117. The van der Waals surface area contributed by atoms with Crippen molar-refractivity contribution in [2.24, 2.45) is 0 Å². The average molecular weight is 491 g/mol. The first-order valence-corrected chi connectivity index (χ1v) is 10.8. The van der Waals surface area contributed by atoms with Crippen molar-refractivity contribution in [3.63, 3.8) is 0 Å². The number of aryl methyl sites for hydroxylation is 1. The Morgan fingerprint density at radius 1 is 0.861 bits per heavy atom. The second-order valence-electron chi connectivity index (χ2n) is 7.83. The first-order chi connectivity index (χ1) is 17.2. The molecule has 1 aromatic carbocycles. The molecule has 0 aliphatic heterocycles. The smallest absolute Gasteiger partial charge is 0.354 e. The number of anilines is 1. The van der Waals surface area contributed by atoms with E-state index in [-0.39, 0.29) is 17.2 Å². The lowest BCUT2D eigenvalue weighted by Crippen LogP contribution is -2.19. The normalized spacial score (nSPS) is 11.1. The van der Waals surface area contributed by atoms with Crippen LogP contribution in [0.2, 0.25) is 0 Å². The number of carbonyl (C=O) groups is 2. The van der Waals surface area contributed by atoms with Crippen molar-refractivity contribution in [2.45, 2.75) is 13.1 Å². The van der Waals surface area contributed by atoms with E-state index in [0.29, 0.717) is 28.2 Å². The van der Waals surface area contributed by atoms with E-state index in [9.17, 15) is 22.8 Å². The van der Waals surface area contributed by atoms with Gasteiger partial charge in [-0.1, -0.05) is 6.07 Å². The SMILES string of the molecule is CNC(=O)c1cc(-c2cc(-c3cc(NC(=O)c4cccc(C(F)(F)F)c4)cnc3C)ccn2)ccn1. The number of alkyl halides is 3. The summed E-state index contributed by atoms with van der Waals surface area (Å²) < 4.78 is 39.0. The maximum atomic E-state index is 13.0. The maximum absolute atomic E-state index is 13.0. The first-order valence-electron chi connectivity index (χ1n) is 10.8. The van der Waals surface area contributed by atoms with Gasteiger partial charge in [-0.2, -0.15) is 13.2 Å². The maximum Gasteiger partial charge on any atom is 0.416 e. The number of nitrogens with one attached hydrogen (secondary N) is 2. The number of rotatable bonds is 5. The van der Waals surface area contributed by atoms with Crippen molar-refractivity contribution in [1.82, 2.24) is 20.3 Å². The summed E-state index contributed by atoms with van der Waals surface area (Å²) in [6, 6.07) is 12.8. The third kappa shape index (κ3) is 5.38. The summed E-state index contributed by atoms with van der Waals surface area (Å²) in [7, 11) is 1.52. The number of hydrogen-bond acceptors (Lipinski definition) is 5. The van der Waals surface area contributed by atoms with Crippen molar-refractivity contribution in [3.8, 4) is 22.4 Å². The quantitative estimate of drug-likeness (QED) is 0.403. The van der Waals surface area contributed by atoms with Gasteiger partial charge < -0.3 is 10.6 Å². The van der Waals surface area contributed by atoms with Crippen LogP contribution in [0.25, 0.3) is 22.4 Å². The summed E-state index contributed by atoms with van der Waals surface area (Å²) in [6.45, 7) is 1.80. The Morgan fingerprint density at radius 3 is 2.36 bits per heavy atom. The summed E-state index contributed by atoms with van der Waals surface area (Å²) in [4.78, 5) is 37.3. The molecular formula is C26H20F3N5O2. The molecule has 0 aliphatic carbocycles. The van der Waals surface area contributed by atoms with Gasteiger partial charge in [0.2, 0.25) is 0 Å². The number of carbonyl (C=O) groups excluding carboxylic acids is 2. The van der Waals surface area contributed by atoms with Crippen LogP contribution in [0, 0.1) is 6.92 Å². The molecule has 0 bridgehead atoms. The second-order valence-corrected chi connectivity index (χ2v) is 7.83. The van der Waals surface area contributed by atoms with Gasteiger partial charge in [-0.15, -0.1) is 0 Å². The highest BCUT2D eigenvalue weighted by Crippen LogP contribution is 2.31. The lowest BCUT2D eigenvalue weighted by molar-refractivity contribution is -0.137. The van der Waals surface area contributed by atoms with Gasteiger partial charge in [0, 0.05) is 41.8 Å². The molecule has 0 aliphatic rings. The Morgan fingerprint density at radius 2 is 1.61 bits per heavy atom. The van der Waals surface area contributed by atoms with Crippen molar-refractivity contribution in [3.05, 3.63) is 95.7 Å². The molecule has 4 rings (SSSR count). The zero-order chi connectivity index (χ0) is 25.9. The fourth-order valence-corrected chi connectivity index (χ4v) is 3.53. The molecule has 182 valence electrons. The van der Waals surface area contributed by atoms with Crippen LogP contribution in [0.4, 0.5) is 18.9 Å². The zero-order valence-electron chi connectivity index (χ0n) is 19.2. The third-order valence-electron chi connectivity index (χ3n) is 5.38. The molecule has 3 aromatic heterocycles. The molecule has 10 heteroatoms. The summed E-state index contributed by atoms with van der Waals surface area (Å²) in [5.41, 5.74) is 2.94. The molecule has 0 fully saturated rings. The van der Waals surface area contributed by atoms with Crippen LogP contribution in [0.15, 0.2) is 73.2 Å². The van der Waals surface area contributed by atoms with Crippen molar-refractivity contribution >= 4 is 17.5 Å². The second kappa shape index (κ2) is 9.95. The van der Waals surface area contributed by atoms with Crippen molar-refractivity contribution in [1.29, 1.82) is 0 Å². The fraction of sp³-hybridized carbons (Fsp3) is 0.115. The summed E-state index contributed by atoms with van der Waals surface area (Å²) >= 11 is 0. The zero-order valence-corrected chi connectivity index (χ0v) is 19.2. The van der Waals surface area contributed by atoms with Gasteiger partial charge in [0.1, 0.15) is 5.69 Å². The molecule has 0 atom stereocenters. The Kier molecular flexibility index (Phi) is 6.77. The van der Waals surface area contributed by atoms with E-state index < -0.39 is 17.6 Å². The summed E-state index contributed by atoms with van der Waals surface area (Å²) in [5.74, 6) is -1.01. The molecule has 2 N–H and O–H groups in total. The van der Waals surface area contributed by atoms with E-state index in [2.05, 4.69) is 25.6 Å². The predicted octanol–water partition coefficient (Wildman–Crippen LogP) is 5.14. The topological polar surface area (TPSA) is 96.9 Å². The van der Waals surface area contributed by atoms with Crippen LogP contribution in [0.5, 0.6) is 0 Å². The van der Waals surface area contributed by atoms with Crippen LogP contribution in [-0.2, 0) is 6.18 Å². The van der Waals surface area contributed by atoms with E-state index >= 15 is 0 Å². The van der Waals surface area contributed by atoms with E-state index in [4.69, 9.17) is 0 Å². The lowest BCUT2D eigenvalue weighted by Gasteiger charge is -2.12. The van der Waals surface area contributed by atoms with Crippen molar-refractivity contribution in [2.75, 3.05) is 12.4 Å². The Labute approximate surface area is 204 Å². The number of nitrogens with zero attached hydrogens (tertiary/aromatic N) is 3. The molecule has 0 radical (unpaired) electrons. The highest BCUT2D eigenvalue weighted by molar-refractivity contribution is 6.04. The fourth-order valence-electron chi connectivity index (χ4n) is 3.53. The minimum Gasteiger partial charge on any atom is -0.354 e. The monoisotopic (exact) mass is 491 g/mol. The average Bonchev–Trinajstić information content (AvgIpc) is 2.89. The number of benzene rings is 1. The van der Waals surface area contributed by atoms with Crippen molar-refractivity contribution < 1.29 is 22.8 Å². The van der Waals surface area contributed by atoms with Gasteiger partial charge >= 0.3 is 6.18 Å². The van der Waals surface area contributed by atoms with Crippen LogP contribution in [0.1, 0.15) is 32.1 Å². The minimum atomic E-state index is -4.55. The first kappa shape index (κ1) is 24.5. The number of halogens is 3. The van der Waals surface area contributed by atoms with E-state index in [0.717, 1.165) is 17.7 Å². The van der Waals surface area contributed by atoms with E-state index in [1.165, 1.54) is 31.6 Å². The predicted molar refractivity (Wildman–Crippen MR) is 128 cm³/mol. The van der Waals surface area contributed by atoms with E-state index in [1.807, 2.05) is 6.07 Å². The van der Waals surface area contributed by atoms with Crippen LogP contribution >= 0.6 is 0 Å². The summed E-state index contributed by atoms with van der Waals surface area (Å²) in [5, 5.41) is 5.14. The van der Waals surface area contributed by atoms with Crippen LogP contribution in [0.3, 0.4) is 0 Å². The molecule has 3 heterocycles. The van der Waals surface area contributed by atoms with Gasteiger partial charge in [-0.25, -0.2) is 0 Å². The van der Waals surface area contributed by atoms with E-state index in [1.54, 1.807) is 37.4 Å². The largest absolute Gasteiger partial charge is 0.416 e. The molecule has 0 saturated heterocycles. The standard InChI is InChI=1S/C26H20F3N5O2/c1-15-21(16-6-8-31-22(11-16)17-7-9-32-23(12-17)25(36)30-2)13-20(14-33-15)34-24(35)18-4-3-5-19(10-18)26(27,28)29/h3-14H,1-2H3,(H,30,36)(H,34,35). The number of hydrogen-bond donors (Lipinski definition) is 2. The molecule has 0 unspecified atom stereocenters. The molecule has 7 nitrogen and oxygen atoms in total. The number of amides is 2. The minimum absolute atomic E-state index is 0.122. The molecule has 4 aromatic rings. The van der Waals surface area contributed by atoms with Gasteiger partial charge in [0.15, 0.2) is 0 Å². The van der Waals surface area contributed by atoms with Gasteiger partial charge in [-0.3, -0.25) is 24.5 Å². The Balaban J connectivity index is 1.63. The molecule has 0 saturated carbocycles. The van der Waals surface area contributed by atoms with Gasteiger partial charge in [0.05, 0.1) is 23.1 Å². The number of pyridine rings is 3. The molecule has 0 spiro atoms. The molecular weight excluding hydrogens is 471 g/mol. The molecule has 2 amide bonds. The molecule has 36 heavy (non-hydrogen) atoms. The van der Waals surface area contributed by atoms with Crippen LogP contribution in [-0.4, -0.2) is 33.8 Å². The third-order valence-corrected chi connectivity index (χ3v) is 5.38. The van der Waals surface area contributed by atoms with Crippen LogP contribution < -0.4 is 10.6 Å². The van der Waals surface area contributed by atoms with Gasteiger partial charge in [-0.05, 0) is 61.0 Å². The lowest BCUT2D eigenvalue weighted by atomic mass is 10.0. The highest BCUT2D eigenvalue weighted by Gasteiger charge is 2.30. The number of aromatic nitrogens is 3. The Hall–Kier alpha value is -4.60.